The second-order valence-corrected chi connectivity index (χ2v) is 11.0. The lowest BCUT2D eigenvalue weighted by Gasteiger charge is -2.16. The Bertz CT molecular complexity index is 355. The molecule has 0 N–H and O–H groups in total. The van der Waals surface area contributed by atoms with Crippen LogP contribution in [-0.4, -0.2) is 8.07 Å². The van der Waals surface area contributed by atoms with Crippen LogP contribution in [0.1, 0.15) is 12.0 Å². The van der Waals surface area contributed by atoms with Crippen molar-refractivity contribution in [3.8, 4) is 0 Å². The lowest BCUT2D eigenvalue weighted by atomic mass is 10.1. The molecule has 0 atom stereocenters. The molecular formula is C15H22Si. The van der Waals surface area contributed by atoms with Gasteiger partial charge in [-0.25, -0.2) is 0 Å². The van der Waals surface area contributed by atoms with E-state index >= 15 is 0 Å². The molecule has 0 unspecified atom stereocenters. The van der Waals surface area contributed by atoms with Gasteiger partial charge in [-0.15, -0.1) is 0 Å². The highest BCUT2D eigenvalue weighted by atomic mass is 28.3. The third kappa shape index (κ3) is 5.71. The SMILES string of the molecule is C=C(C/C=C/c1ccccc1)C[Si](C)(C)C. The van der Waals surface area contributed by atoms with Crippen molar-refractivity contribution in [1.29, 1.82) is 0 Å². The maximum Gasteiger partial charge on any atom is 0.0483 e. The summed E-state index contributed by atoms with van der Waals surface area (Å²) in [5.74, 6) is 0. The van der Waals surface area contributed by atoms with E-state index in [1.54, 1.807) is 0 Å². The van der Waals surface area contributed by atoms with Crippen molar-refractivity contribution in [3.05, 3.63) is 54.1 Å². The smallest absolute Gasteiger partial charge is 0.0483 e. The molecular weight excluding hydrogens is 208 g/mol. The van der Waals surface area contributed by atoms with E-state index in [-0.39, 0.29) is 0 Å². The first kappa shape index (κ1) is 13.0. The topological polar surface area (TPSA) is 0 Å². The third-order valence-electron chi connectivity index (χ3n) is 2.30. The van der Waals surface area contributed by atoms with Gasteiger partial charge in [-0.1, -0.05) is 74.3 Å². The summed E-state index contributed by atoms with van der Waals surface area (Å²) in [4.78, 5) is 0. The van der Waals surface area contributed by atoms with Gasteiger partial charge in [0.1, 0.15) is 0 Å². The molecule has 1 rings (SSSR count). The zero-order valence-electron chi connectivity index (χ0n) is 10.7. The maximum atomic E-state index is 4.15. The summed E-state index contributed by atoms with van der Waals surface area (Å²) in [5, 5.41) is 0. The Kier molecular flexibility index (Phi) is 4.75. The van der Waals surface area contributed by atoms with Crippen LogP contribution in [0.25, 0.3) is 6.08 Å². The highest BCUT2D eigenvalue weighted by molar-refractivity contribution is 6.76. The Hall–Kier alpha value is -1.08. The molecule has 0 heterocycles. The van der Waals surface area contributed by atoms with Gasteiger partial charge >= 0.3 is 0 Å². The standard InChI is InChI=1S/C15H22Si/c1-14(13-16(2,3)4)9-8-12-15-10-6-5-7-11-15/h5-8,10-12H,1,9,13H2,2-4H3/b12-8+. The number of hydrogen-bond donors (Lipinski definition) is 0. The first-order valence-electron chi connectivity index (χ1n) is 5.86. The zero-order chi connectivity index (χ0) is 12.0. The molecule has 16 heavy (non-hydrogen) atoms. The fourth-order valence-electron chi connectivity index (χ4n) is 1.75. The third-order valence-corrected chi connectivity index (χ3v) is 3.86. The normalized spacial score (nSPS) is 11.9. The minimum atomic E-state index is -0.983. The van der Waals surface area contributed by atoms with E-state index in [4.69, 9.17) is 0 Å². The van der Waals surface area contributed by atoms with Crippen LogP contribution in [0.2, 0.25) is 25.7 Å². The molecule has 0 aromatic heterocycles. The molecule has 1 aromatic carbocycles. The highest BCUT2D eigenvalue weighted by Gasteiger charge is 2.13. The summed E-state index contributed by atoms with van der Waals surface area (Å²) in [6.45, 7) is 11.3. The fourth-order valence-corrected chi connectivity index (χ4v) is 3.39. The van der Waals surface area contributed by atoms with Gasteiger partial charge < -0.3 is 0 Å². The molecule has 0 nitrogen and oxygen atoms in total. The lowest BCUT2D eigenvalue weighted by Crippen LogP contribution is -2.19. The number of allylic oxidation sites excluding steroid dienone is 2. The average molecular weight is 230 g/mol. The van der Waals surface area contributed by atoms with Gasteiger partial charge in [0, 0.05) is 8.07 Å². The van der Waals surface area contributed by atoms with Crippen molar-refractivity contribution < 1.29 is 0 Å². The molecule has 0 radical (unpaired) electrons. The number of benzene rings is 1. The summed E-state index contributed by atoms with van der Waals surface area (Å²) in [6, 6.07) is 11.6. The minimum absolute atomic E-state index is 0.983. The molecule has 0 fully saturated rings. The highest BCUT2D eigenvalue weighted by Crippen LogP contribution is 2.18. The van der Waals surface area contributed by atoms with Gasteiger partial charge in [-0.05, 0) is 18.0 Å². The largest absolute Gasteiger partial charge is 0.0998 e. The zero-order valence-corrected chi connectivity index (χ0v) is 11.7. The van der Waals surface area contributed by atoms with E-state index < -0.39 is 8.07 Å². The summed E-state index contributed by atoms with van der Waals surface area (Å²) in [5.41, 5.74) is 2.63. The van der Waals surface area contributed by atoms with E-state index in [9.17, 15) is 0 Å². The summed E-state index contributed by atoms with van der Waals surface area (Å²) in [6.07, 6.45) is 5.41. The molecule has 0 aliphatic rings. The predicted molar refractivity (Wildman–Crippen MR) is 77.4 cm³/mol. The molecule has 0 aliphatic heterocycles. The number of rotatable bonds is 5. The van der Waals surface area contributed by atoms with Crippen LogP contribution >= 0.6 is 0 Å². The Balaban J connectivity index is 2.41. The second kappa shape index (κ2) is 5.85. The van der Waals surface area contributed by atoms with Crippen LogP contribution in [0.15, 0.2) is 48.6 Å². The molecule has 86 valence electrons. The minimum Gasteiger partial charge on any atom is -0.0998 e. The van der Waals surface area contributed by atoms with Crippen molar-refractivity contribution >= 4 is 14.1 Å². The Morgan fingerprint density at radius 1 is 1.19 bits per heavy atom. The fraction of sp³-hybridized carbons (Fsp3) is 0.333. The first-order chi connectivity index (χ1) is 7.47. The van der Waals surface area contributed by atoms with Crippen LogP contribution in [0.5, 0.6) is 0 Å². The number of hydrogen-bond acceptors (Lipinski definition) is 0. The molecule has 0 amide bonds. The Morgan fingerprint density at radius 2 is 1.81 bits per heavy atom. The molecule has 0 spiro atoms. The van der Waals surface area contributed by atoms with Gasteiger partial charge in [0.25, 0.3) is 0 Å². The van der Waals surface area contributed by atoms with Gasteiger partial charge in [-0.3, -0.25) is 0 Å². The first-order valence-corrected chi connectivity index (χ1v) is 9.56. The van der Waals surface area contributed by atoms with E-state index in [0.717, 1.165) is 6.42 Å². The van der Waals surface area contributed by atoms with Gasteiger partial charge in [0.05, 0.1) is 0 Å². The van der Waals surface area contributed by atoms with Gasteiger partial charge in [0.15, 0.2) is 0 Å². The monoisotopic (exact) mass is 230 g/mol. The predicted octanol–water partition coefficient (Wildman–Crippen LogP) is 4.98. The van der Waals surface area contributed by atoms with Crippen molar-refractivity contribution in [3.63, 3.8) is 0 Å². The Labute approximate surface area is 101 Å². The molecule has 0 saturated heterocycles. The summed E-state index contributed by atoms with van der Waals surface area (Å²) >= 11 is 0. The van der Waals surface area contributed by atoms with Crippen molar-refractivity contribution in [2.75, 3.05) is 0 Å². The van der Waals surface area contributed by atoms with Crippen molar-refractivity contribution in [2.24, 2.45) is 0 Å². The molecule has 0 aliphatic carbocycles. The Morgan fingerprint density at radius 3 is 2.38 bits per heavy atom. The van der Waals surface area contributed by atoms with Crippen LogP contribution in [0.4, 0.5) is 0 Å². The van der Waals surface area contributed by atoms with Crippen molar-refractivity contribution in [2.45, 2.75) is 32.1 Å². The quantitative estimate of drug-likeness (QED) is 0.494. The van der Waals surface area contributed by atoms with E-state index in [1.807, 2.05) is 6.07 Å². The van der Waals surface area contributed by atoms with Crippen LogP contribution in [0.3, 0.4) is 0 Å². The van der Waals surface area contributed by atoms with E-state index in [1.165, 1.54) is 17.2 Å². The van der Waals surface area contributed by atoms with E-state index in [2.05, 4.69) is 62.6 Å². The molecule has 0 bridgehead atoms. The van der Waals surface area contributed by atoms with E-state index in [0.29, 0.717) is 0 Å². The van der Waals surface area contributed by atoms with Crippen LogP contribution in [0, 0.1) is 0 Å². The van der Waals surface area contributed by atoms with Crippen molar-refractivity contribution in [1.82, 2.24) is 0 Å². The average Bonchev–Trinajstić information content (AvgIpc) is 2.16. The lowest BCUT2D eigenvalue weighted by molar-refractivity contribution is 1.20. The summed E-state index contributed by atoms with van der Waals surface area (Å²) < 4.78 is 0. The van der Waals surface area contributed by atoms with Gasteiger partial charge in [0.2, 0.25) is 0 Å². The van der Waals surface area contributed by atoms with Crippen LogP contribution in [-0.2, 0) is 0 Å². The van der Waals surface area contributed by atoms with Crippen LogP contribution < -0.4 is 0 Å². The maximum absolute atomic E-state index is 4.15. The molecule has 0 saturated carbocycles. The summed E-state index contributed by atoms with van der Waals surface area (Å²) in [7, 11) is -0.983. The molecule has 1 heteroatoms. The molecule has 1 aromatic rings. The second-order valence-electron chi connectivity index (χ2n) is 5.50. The van der Waals surface area contributed by atoms with Gasteiger partial charge in [-0.2, -0.15) is 0 Å².